The molecule has 16 heavy (non-hydrogen) atoms. The van der Waals surface area contributed by atoms with Crippen LogP contribution < -0.4 is 10.1 Å². The average molecular weight is 247 g/mol. The largest absolute Gasteiger partial charge is 0.464 e. The molecule has 0 radical (unpaired) electrons. The van der Waals surface area contributed by atoms with Gasteiger partial charge in [-0.05, 0) is 25.4 Å². The topological polar surface area (TPSA) is 69.2 Å². The average Bonchev–Trinajstić information content (AvgIpc) is 2.17. The van der Waals surface area contributed by atoms with Gasteiger partial charge >= 0.3 is 6.01 Å². The van der Waals surface area contributed by atoms with Crippen LogP contribution in [-0.2, 0) is 4.74 Å². The molecule has 0 aliphatic rings. The van der Waals surface area contributed by atoms with Crippen LogP contribution in [0, 0.1) is 0 Å². The van der Waals surface area contributed by atoms with Crippen LogP contribution in [0.2, 0.25) is 5.28 Å². The van der Waals surface area contributed by atoms with E-state index in [9.17, 15) is 0 Å². The molecule has 0 bridgehead atoms. The van der Waals surface area contributed by atoms with E-state index < -0.39 is 0 Å². The zero-order valence-electron chi connectivity index (χ0n) is 9.53. The van der Waals surface area contributed by atoms with Gasteiger partial charge in [-0.3, -0.25) is 0 Å². The predicted octanol–water partition coefficient (Wildman–Crippen LogP) is 1.37. The first-order valence-corrected chi connectivity index (χ1v) is 5.33. The van der Waals surface area contributed by atoms with Crippen molar-refractivity contribution in [3.63, 3.8) is 0 Å². The molecule has 1 unspecified atom stereocenters. The molecule has 0 amide bonds. The maximum atomic E-state index is 5.73. The third-order valence-electron chi connectivity index (χ3n) is 1.65. The number of aromatic nitrogens is 3. The highest BCUT2D eigenvalue weighted by atomic mass is 35.5. The summed E-state index contributed by atoms with van der Waals surface area (Å²) in [6.07, 6.45) is 0. The van der Waals surface area contributed by atoms with Crippen molar-refractivity contribution in [2.75, 3.05) is 25.6 Å². The summed E-state index contributed by atoms with van der Waals surface area (Å²) in [5.74, 6) is 0.382. The zero-order valence-corrected chi connectivity index (χ0v) is 10.3. The Bertz CT molecular complexity index is 337. The summed E-state index contributed by atoms with van der Waals surface area (Å²) in [6, 6.07) is 0.299. The van der Waals surface area contributed by atoms with Crippen molar-refractivity contribution in [2.24, 2.45) is 0 Å². The van der Waals surface area contributed by atoms with Gasteiger partial charge in [0.05, 0.1) is 13.2 Å². The van der Waals surface area contributed by atoms with E-state index >= 15 is 0 Å². The molecule has 0 saturated heterocycles. The quantitative estimate of drug-likeness (QED) is 0.818. The molecule has 0 spiro atoms. The van der Waals surface area contributed by atoms with E-state index in [2.05, 4.69) is 20.3 Å². The second-order valence-electron chi connectivity index (χ2n) is 3.14. The van der Waals surface area contributed by atoms with Crippen molar-refractivity contribution in [3.05, 3.63) is 5.28 Å². The minimum atomic E-state index is 0.0814. The van der Waals surface area contributed by atoms with E-state index in [1.807, 2.05) is 13.8 Å². The van der Waals surface area contributed by atoms with Crippen molar-refractivity contribution >= 4 is 17.5 Å². The summed E-state index contributed by atoms with van der Waals surface area (Å²) >= 11 is 5.73. The second kappa shape index (κ2) is 6.44. The minimum absolute atomic E-state index is 0.0814. The molecule has 0 aliphatic heterocycles. The van der Waals surface area contributed by atoms with Crippen LogP contribution in [0.3, 0.4) is 0 Å². The molecule has 1 aromatic heterocycles. The summed E-state index contributed by atoms with van der Waals surface area (Å²) in [5, 5.41) is 3.13. The van der Waals surface area contributed by atoms with Crippen LogP contribution in [0.5, 0.6) is 6.01 Å². The standard InChI is InChI=1S/C9H15ClN4O2/c1-4-16-9-13-7(10)12-8(14-9)11-6(2)5-15-3/h6H,4-5H2,1-3H3,(H,11,12,13,14). The lowest BCUT2D eigenvalue weighted by Gasteiger charge is -2.12. The molecule has 0 fully saturated rings. The molecule has 1 N–H and O–H groups in total. The smallest absolute Gasteiger partial charge is 0.322 e. The van der Waals surface area contributed by atoms with E-state index in [1.54, 1.807) is 7.11 Å². The molecular formula is C9H15ClN4O2. The van der Waals surface area contributed by atoms with Crippen LogP contribution in [0.15, 0.2) is 0 Å². The van der Waals surface area contributed by atoms with Crippen LogP contribution in [-0.4, -0.2) is 41.3 Å². The number of anilines is 1. The van der Waals surface area contributed by atoms with Gasteiger partial charge in [-0.2, -0.15) is 15.0 Å². The van der Waals surface area contributed by atoms with Crippen LogP contribution in [0.4, 0.5) is 5.95 Å². The molecule has 6 nitrogen and oxygen atoms in total. The Labute approximate surface area is 99.4 Å². The Balaban J connectivity index is 2.71. The number of rotatable bonds is 6. The summed E-state index contributed by atoms with van der Waals surface area (Å²) in [4.78, 5) is 11.8. The SMILES string of the molecule is CCOc1nc(Cl)nc(NC(C)COC)n1. The zero-order chi connectivity index (χ0) is 12.0. The van der Waals surface area contributed by atoms with Crippen molar-refractivity contribution < 1.29 is 9.47 Å². The maximum Gasteiger partial charge on any atom is 0.322 e. The fourth-order valence-corrected chi connectivity index (χ4v) is 1.25. The number of nitrogens with one attached hydrogen (secondary N) is 1. The minimum Gasteiger partial charge on any atom is -0.464 e. The van der Waals surface area contributed by atoms with E-state index in [4.69, 9.17) is 21.1 Å². The molecule has 0 aliphatic carbocycles. The number of methoxy groups -OCH3 is 1. The molecule has 1 atom stereocenters. The van der Waals surface area contributed by atoms with Gasteiger partial charge < -0.3 is 14.8 Å². The molecule has 1 heterocycles. The van der Waals surface area contributed by atoms with Crippen LogP contribution in [0.1, 0.15) is 13.8 Å². The molecule has 90 valence electrons. The van der Waals surface area contributed by atoms with Crippen molar-refractivity contribution in [3.8, 4) is 6.01 Å². The number of halogens is 1. The summed E-state index contributed by atoms with van der Waals surface area (Å²) in [7, 11) is 1.63. The fraction of sp³-hybridized carbons (Fsp3) is 0.667. The molecule has 0 aromatic carbocycles. The van der Waals surface area contributed by atoms with Crippen molar-refractivity contribution in [2.45, 2.75) is 19.9 Å². The predicted molar refractivity (Wildman–Crippen MR) is 61.0 cm³/mol. The van der Waals surface area contributed by atoms with Gasteiger partial charge in [-0.1, -0.05) is 0 Å². The Morgan fingerprint density at radius 1 is 1.38 bits per heavy atom. The van der Waals surface area contributed by atoms with Crippen LogP contribution >= 0.6 is 11.6 Å². The first kappa shape index (κ1) is 12.9. The third kappa shape index (κ3) is 4.16. The summed E-state index contributed by atoms with van der Waals surface area (Å²) < 4.78 is 10.1. The first-order chi connectivity index (χ1) is 7.65. The Morgan fingerprint density at radius 2 is 2.12 bits per heavy atom. The van der Waals surface area contributed by atoms with Gasteiger partial charge in [0.1, 0.15) is 0 Å². The lowest BCUT2D eigenvalue weighted by atomic mass is 10.4. The molecular weight excluding hydrogens is 232 g/mol. The van der Waals surface area contributed by atoms with Gasteiger partial charge in [0.15, 0.2) is 0 Å². The molecule has 1 aromatic rings. The van der Waals surface area contributed by atoms with Gasteiger partial charge in [0, 0.05) is 13.2 Å². The maximum absolute atomic E-state index is 5.73. The Hall–Kier alpha value is -1.14. The highest BCUT2D eigenvalue weighted by Gasteiger charge is 2.08. The summed E-state index contributed by atoms with van der Waals surface area (Å²) in [6.45, 7) is 4.82. The third-order valence-corrected chi connectivity index (χ3v) is 1.82. The van der Waals surface area contributed by atoms with E-state index in [1.165, 1.54) is 0 Å². The molecule has 7 heteroatoms. The molecule has 0 saturated carbocycles. The normalized spacial score (nSPS) is 12.2. The second-order valence-corrected chi connectivity index (χ2v) is 3.48. The van der Waals surface area contributed by atoms with Crippen molar-refractivity contribution in [1.29, 1.82) is 0 Å². The highest BCUT2D eigenvalue weighted by molar-refractivity contribution is 6.28. The van der Waals surface area contributed by atoms with Gasteiger partial charge in [0.2, 0.25) is 11.2 Å². The monoisotopic (exact) mass is 246 g/mol. The van der Waals surface area contributed by atoms with E-state index in [0.717, 1.165) is 0 Å². The van der Waals surface area contributed by atoms with Crippen molar-refractivity contribution in [1.82, 2.24) is 15.0 Å². The van der Waals surface area contributed by atoms with Gasteiger partial charge in [-0.15, -0.1) is 0 Å². The highest BCUT2D eigenvalue weighted by Crippen LogP contribution is 2.11. The molecule has 1 rings (SSSR count). The Kier molecular flexibility index (Phi) is 5.21. The number of hydrogen-bond donors (Lipinski definition) is 1. The van der Waals surface area contributed by atoms with E-state index in [-0.39, 0.29) is 17.3 Å². The van der Waals surface area contributed by atoms with Gasteiger partial charge in [-0.25, -0.2) is 0 Å². The summed E-state index contributed by atoms with van der Waals surface area (Å²) in [5.41, 5.74) is 0. The number of ether oxygens (including phenoxy) is 2. The van der Waals surface area contributed by atoms with Crippen LogP contribution in [0.25, 0.3) is 0 Å². The number of hydrogen-bond acceptors (Lipinski definition) is 6. The van der Waals surface area contributed by atoms with Gasteiger partial charge in [0.25, 0.3) is 0 Å². The first-order valence-electron chi connectivity index (χ1n) is 4.95. The van der Waals surface area contributed by atoms with E-state index in [0.29, 0.717) is 19.2 Å². The Morgan fingerprint density at radius 3 is 2.75 bits per heavy atom. The fourth-order valence-electron chi connectivity index (χ4n) is 1.10. The number of nitrogens with zero attached hydrogens (tertiary/aromatic N) is 3. The lowest BCUT2D eigenvalue weighted by Crippen LogP contribution is -2.22. The lowest BCUT2D eigenvalue weighted by molar-refractivity contribution is 0.190.